The molecule has 1 saturated carbocycles. The number of carbonyl (C=O) groups excluding carboxylic acids is 1. The van der Waals surface area contributed by atoms with E-state index in [9.17, 15) is 13.4 Å². The maximum absolute atomic E-state index is 13.7. The predicted molar refractivity (Wildman–Crippen MR) is 143 cm³/mol. The first kappa shape index (κ1) is 24.9. The van der Waals surface area contributed by atoms with Gasteiger partial charge in [0.25, 0.3) is 5.91 Å². The van der Waals surface area contributed by atoms with Crippen LogP contribution in [0.4, 0.5) is 4.39 Å². The number of halogens is 2. The van der Waals surface area contributed by atoms with Gasteiger partial charge < -0.3 is 4.74 Å². The van der Waals surface area contributed by atoms with Crippen molar-refractivity contribution < 1.29 is 18.1 Å². The molecular formula is C28H23ClFN3O3S. The van der Waals surface area contributed by atoms with Gasteiger partial charge >= 0.3 is 0 Å². The summed E-state index contributed by atoms with van der Waals surface area (Å²) in [4.78, 5) is 14.2. The largest absolute Gasteiger partial charge is 0.476 e. The first-order valence-electron chi connectivity index (χ1n) is 11.7. The third-order valence-electron chi connectivity index (χ3n) is 5.86. The number of nitrogens with zero attached hydrogens (tertiary/aromatic N) is 2. The number of benzene rings is 3. The van der Waals surface area contributed by atoms with Crippen LogP contribution in [-0.4, -0.2) is 31.8 Å². The van der Waals surface area contributed by atoms with Gasteiger partial charge in [0.15, 0.2) is 0 Å². The van der Waals surface area contributed by atoms with Crippen LogP contribution in [0.1, 0.15) is 28.8 Å². The fourth-order valence-electron chi connectivity index (χ4n) is 3.75. The number of ether oxygens (including phenoxy) is 1. The van der Waals surface area contributed by atoms with Gasteiger partial charge in [-0.2, -0.15) is 0 Å². The molecule has 1 unspecified atom stereocenters. The molecule has 0 bridgehead atoms. The number of rotatable bonds is 8. The van der Waals surface area contributed by atoms with Crippen LogP contribution in [0, 0.1) is 5.82 Å². The van der Waals surface area contributed by atoms with E-state index in [1.54, 1.807) is 30.3 Å². The molecule has 0 saturated heterocycles. The maximum atomic E-state index is 13.7. The Bertz CT molecular complexity index is 1540. The van der Waals surface area contributed by atoms with Crippen LogP contribution in [-0.2, 0) is 16.1 Å². The van der Waals surface area contributed by atoms with Crippen molar-refractivity contribution in [3.63, 3.8) is 0 Å². The molecule has 5 rings (SSSR count). The molecular weight excluding hydrogens is 513 g/mol. The van der Waals surface area contributed by atoms with Crippen molar-refractivity contribution in [2.75, 3.05) is 6.61 Å². The van der Waals surface area contributed by atoms with Crippen LogP contribution in [0.5, 0.6) is 5.88 Å². The number of amides is 1. The summed E-state index contributed by atoms with van der Waals surface area (Å²) in [6, 6.07) is 23.3. The van der Waals surface area contributed by atoms with Gasteiger partial charge in [-0.3, -0.25) is 9.52 Å². The van der Waals surface area contributed by atoms with Crippen molar-refractivity contribution in [2.24, 2.45) is 0 Å². The summed E-state index contributed by atoms with van der Waals surface area (Å²) in [6.07, 6.45) is 2.04. The van der Waals surface area contributed by atoms with E-state index < -0.39 is 21.4 Å². The Labute approximate surface area is 219 Å². The number of nitrogens with one attached hydrogen (secondary N) is 1. The fraction of sp³-hybridized carbons (Fsp3) is 0.143. The van der Waals surface area contributed by atoms with E-state index in [4.69, 9.17) is 16.3 Å². The third kappa shape index (κ3) is 5.98. The normalized spacial score (nSPS) is 14.1. The molecule has 9 heteroatoms. The number of aromatic nitrogens is 2. The second-order valence-electron chi connectivity index (χ2n) is 8.54. The Morgan fingerprint density at radius 3 is 2.41 bits per heavy atom. The number of carbonyl (C=O) groups is 1. The Balaban J connectivity index is 1.26. The molecule has 0 spiro atoms. The summed E-state index contributed by atoms with van der Waals surface area (Å²) >= 11 is 5.91. The Morgan fingerprint density at radius 2 is 1.73 bits per heavy atom. The second kappa shape index (κ2) is 10.7. The summed E-state index contributed by atoms with van der Waals surface area (Å²) in [6.45, 7) is 0.442. The van der Waals surface area contributed by atoms with Crippen LogP contribution in [0.3, 0.4) is 0 Å². The summed E-state index contributed by atoms with van der Waals surface area (Å²) in [5.41, 5.74) is 2.68. The van der Waals surface area contributed by atoms with Gasteiger partial charge in [0, 0.05) is 33.5 Å². The minimum atomic E-state index is -2.95. The molecule has 1 atom stereocenters. The van der Waals surface area contributed by atoms with E-state index in [0.717, 1.165) is 10.4 Å². The molecule has 1 fully saturated rings. The van der Waals surface area contributed by atoms with Crippen molar-refractivity contribution in [3.8, 4) is 17.1 Å². The summed E-state index contributed by atoms with van der Waals surface area (Å²) < 4.78 is 35.5. The van der Waals surface area contributed by atoms with E-state index >= 15 is 0 Å². The van der Waals surface area contributed by atoms with Crippen molar-refractivity contribution in [1.29, 1.82) is 0 Å². The Morgan fingerprint density at radius 1 is 0.973 bits per heavy atom. The zero-order valence-electron chi connectivity index (χ0n) is 19.7. The molecule has 1 amide bonds. The van der Waals surface area contributed by atoms with Gasteiger partial charge in [0.05, 0.1) is 26.9 Å². The molecule has 1 N–H and O–H groups in total. The van der Waals surface area contributed by atoms with Gasteiger partial charge in [0.2, 0.25) is 5.88 Å². The molecule has 1 aromatic heterocycles. The van der Waals surface area contributed by atoms with Gasteiger partial charge in [-0.05, 0) is 73.0 Å². The lowest BCUT2D eigenvalue weighted by atomic mass is 10.1. The minimum Gasteiger partial charge on any atom is -0.476 e. The average Bonchev–Trinajstić information content (AvgIpc) is 3.77. The standard InChI is InChI=1S/C28H23ClFN3O3S/c29-22-6-4-19(5-7-22)16-17-36-27-15-14-26(31-32-27)20-2-1-3-21(18-20)28(34)33-37(35,25-12-13-25)24-10-8-23(30)9-11-24/h1-11,14-15,18H,12-13,16-17H2,(H,33,34,35). The summed E-state index contributed by atoms with van der Waals surface area (Å²) in [5.74, 6) is -0.512. The first-order valence-corrected chi connectivity index (χ1v) is 13.6. The molecule has 37 heavy (non-hydrogen) atoms. The van der Waals surface area contributed by atoms with Crippen LogP contribution in [0.2, 0.25) is 5.02 Å². The molecule has 0 radical (unpaired) electrons. The highest BCUT2D eigenvalue weighted by atomic mass is 35.5. The highest BCUT2D eigenvalue weighted by Gasteiger charge is 2.28. The average molecular weight is 536 g/mol. The fourth-order valence-corrected chi connectivity index (χ4v) is 6.04. The molecule has 6 nitrogen and oxygen atoms in total. The highest BCUT2D eigenvalue weighted by Crippen LogP contribution is 2.25. The Hall–Kier alpha value is -3.75. The topological polar surface area (TPSA) is 81.2 Å². The predicted octanol–water partition coefficient (Wildman–Crippen LogP) is 5.51. The lowest BCUT2D eigenvalue weighted by molar-refractivity contribution is 0.0982. The lowest BCUT2D eigenvalue weighted by Gasteiger charge is -2.14. The summed E-state index contributed by atoms with van der Waals surface area (Å²) in [7, 11) is -2.95. The first-order chi connectivity index (χ1) is 17.9. The molecule has 4 aromatic rings. The number of hydrogen-bond donors (Lipinski definition) is 1. The van der Waals surface area contributed by atoms with Crippen molar-refractivity contribution >= 4 is 32.1 Å². The Kier molecular flexibility index (Phi) is 7.21. The maximum Gasteiger partial charge on any atom is 0.262 e. The monoisotopic (exact) mass is 535 g/mol. The van der Waals surface area contributed by atoms with Gasteiger partial charge in [-0.25, -0.2) is 8.60 Å². The van der Waals surface area contributed by atoms with Crippen LogP contribution < -0.4 is 9.46 Å². The van der Waals surface area contributed by atoms with Crippen molar-refractivity contribution in [2.45, 2.75) is 24.2 Å². The molecule has 3 aromatic carbocycles. The number of hydrogen-bond acceptors (Lipinski definition) is 5. The molecule has 1 heterocycles. The van der Waals surface area contributed by atoms with E-state index in [0.29, 0.717) is 58.5 Å². The highest BCUT2D eigenvalue weighted by molar-refractivity contribution is 8.01. The van der Waals surface area contributed by atoms with Gasteiger partial charge in [-0.15, -0.1) is 10.2 Å². The molecule has 0 aliphatic heterocycles. The summed E-state index contributed by atoms with van der Waals surface area (Å²) in [5, 5.41) is 9.06. The molecule has 1 aliphatic carbocycles. The van der Waals surface area contributed by atoms with Crippen LogP contribution in [0.25, 0.3) is 11.3 Å². The zero-order valence-corrected chi connectivity index (χ0v) is 21.3. The van der Waals surface area contributed by atoms with E-state index in [-0.39, 0.29) is 0 Å². The van der Waals surface area contributed by atoms with Crippen LogP contribution in [0.15, 0.2) is 89.8 Å². The lowest BCUT2D eigenvalue weighted by Crippen LogP contribution is -2.32. The van der Waals surface area contributed by atoms with Gasteiger partial charge in [0.1, 0.15) is 5.82 Å². The van der Waals surface area contributed by atoms with Crippen LogP contribution >= 0.6 is 11.6 Å². The van der Waals surface area contributed by atoms with Crippen molar-refractivity contribution in [1.82, 2.24) is 14.9 Å². The minimum absolute atomic E-state index is 0.332. The molecule has 188 valence electrons. The third-order valence-corrected chi connectivity index (χ3v) is 8.74. The van der Waals surface area contributed by atoms with E-state index in [1.165, 1.54) is 24.3 Å². The quantitative estimate of drug-likeness (QED) is 0.301. The smallest absolute Gasteiger partial charge is 0.262 e. The SMILES string of the molecule is O=C(NS(=O)(=C1CC1)c1ccc(F)cc1)c1cccc(-c2ccc(OCCc3ccc(Cl)cc3)nn2)c1. The zero-order chi connectivity index (χ0) is 25.8. The molecule has 1 aliphatic rings. The van der Waals surface area contributed by atoms with Gasteiger partial charge in [-0.1, -0.05) is 35.9 Å². The van der Waals surface area contributed by atoms with E-state index in [2.05, 4.69) is 14.9 Å². The van der Waals surface area contributed by atoms with E-state index in [1.807, 2.05) is 30.3 Å². The second-order valence-corrected chi connectivity index (χ2v) is 11.3. The van der Waals surface area contributed by atoms with Crippen molar-refractivity contribution in [3.05, 3.63) is 107 Å².